The maximum Gasteiger partial charge on any atom is 0.329 e. The van der Waals surface area contributed by atoms with Crippen LogP contribution in [0.4, 0.5) is 11.5 Å². The van der Waals surface area contributed by atoms with Gasteiger partial charge in [0.25, 0.3) is 5.91 Å². The summed E-state index contributed by atoms with van der Waals surface area (Å²) in [5.41, 5.74) is 4.14. The molecule has 0 radical (unpaired) electrons. The van der Waals surface area contributed by atoms with E-state index in [0.717, 1.165) is 66.8 Å². The van der Waals surface area contributed by atoms with Crippen LogP contribution in [0.1, 0.15) is 119 Å². The Kier molecular flexibility index (Phi) is 13.2. The summed E-state index contributed by atoms with van der Waals surface area (Å²) in [6, 6.07) is 8.79. The van der Waals surface area contributed by atoms with Gasteiger partial charge in [-0.25, -0.2) is 14.8 Å². The largest absolute Gasteiger partial charge is 0.444 e. The van der Waals surface area contributed by atoms with Crippen molar-refractivity contribution in [2.24, 2.45) is 18.9 Å². The number of hydrogen-bond acceptors (Lipinski definition) is 11. The second-order valence-electron chi connectivity index (χ2n) is 18.7. The van der Waals surface area contributed by atoms with Crippen LogP contribution in [0.3, 0.4) is 0 Å². The lowest BCUT2D eigenvalue weighted by Crippen LogP contribution is -2.44. The van der Waals surface area contributed by atoms with Crippen molar-refractivity contribution in [3.8, 4) is 11.5 Å². The minimum Gasteiger partial charge on any atom is -0.444 e. The summed E-state index contributed by atoms with van der Waals surface area (Å²) < 4.78 is 16.7. The number of anilines is 2. The number of amides is 4. The summed E-state index contributed by atoms with van der Waals surface area (Å²) >= 11 is 0. The van der Waals surface area contributed by atoms with Gasteiger partial charge in [-0.15, -0.1) is 0 Å². The van der Waals surface area contributed by atoms with E-state index < -0.39 is 11.9 Å². The molecule has 17 nitrogen and oxygen atoms in total. The van der Waals surface area contributed by atoms with Gasteiger partial charge >= 0.3 is 5.69 Å². The fourth-order valence-corrected chi connectivity index (χ4v) is 8.98. The SMILES string of the molecule is CN(CCCOCCCc1cccc2c1n(C)c(=O)n2C1CCC(=O)NC1=O)C(=O)[C@H]1CC[C@H](n2cc(NC(=O)c3coc(-c4ccnc(NCC5CC5)c4)n3)c(C(C)(C)C)n2)CC1. The van der Waals surface area contributed by atoms with Crippen molar-refractivity contribution in [2.75, 3.05) is 44.0 Å². The molecule has 1 unspecified atom stereocenters. The van der Waals surface area contributed by atoms with Crippen LogP contribution in [0, 0.1) is 11.8 Å². The zero-order valence-electron chi connectivity index (χ0n) is 37.5. The maximum absolute atomic E-state index is 13.5. The molecule has 4 aromatic heterocycles. The Labute approximate surface area is 372 Å². The van der Waals surface area contributed by atoms with Crippen molar-refractivity contribution in [3.63, 3.8) is 0 Å². The number of ether oxygens (including phenoxy) is 1. The van der Waals surface area contributed by atoms with E-state index in [0.29, 0.717) is 62.0 Å². The predicted octanol–water partition coefficient (Wildman–Crippen LogP) is 6.17. The van der Waals surface area contributed by atoms with Gasteiger partial charge in [0.1, 0.15) is 18.1 Å². The first-order chi connectivity index (χ1) is 30.7. The number of benzene rings is 1. The van der Waals surface area contributed by atoms with E-state index in [1.807, 2.05) is 53.2 Å². The van der Waals surface area contributed by atoms with Gasteiger partial charge in [0, 0.05) is 76.1 Å². The molecule has 3 N–H and O–H groups in total. The fourth-order valence-electron chi connectivity index (χ4n) is 8.98. The zero-order valence-corrected chi connectivity index (χ0v) is 37.5. The highest BCUT2D eigenvalue weighted by Crippen LogP contribution is 2.37. The Morgan fingerprint density at radius 1 is 1.02 bits per heavy atom. The number of imide groups is 1. The van der Waals surface area contributed by atoms with Gasteiger partial charge in [0.2, 0.25) is 23.6 Å². The summed E-state index contributed by atoms with van der Waals surface area (Å²) in [6.07, 6.45) is 13.2. The zero-order chi connectivity index (χ0) is 45.1. The van der Waals surface area contributed by atoms with Gasteiger partial charge in [-0.1, -0.05) is 32.9 Å². The van der Waals surface area contributed by atoms with Crippen LogP contribution in [0.2, 0.25) is 0 Å². The van der Waals surface area contributed by atoms with Crippen molar-refractivity contribution in [1.82, 2.24) is 39.1 Å². The van der Waals surface area contributed by atoms with Gasteiger partial charge in [-0.2, -0.15) is 5.10 Å². The Balaban J connectivity index is 0.779. The van der Waals surface area contributed by atoms with Crippen LogP contribution in [-0.2, 0) is 38.0 Å². The molecule has 0 spiro atoms. The van der Waals surface area contributed by atoms with E-state index in [4.69, 9.17) is 14.3 Å². The first-order valence-corrected chi connectivity index (χ1v) is 22.7. The van der Waals surface area contributed by atoms with E-state index in [1.54, 1.807) is 17.8 Å². The number of hydrogen-bond donors (Lipinski definition) is 3. The van der Waals surface area contributed by atoms with E-state index >= 15 is 0 Å². The lowest BCUT2D eigenvalue weighted by molar-refractivity contribution is -0.136. The molecule has 3 fully saturated rings. The molecule has 0 bridgehead atoms. The monoisotopic (exact) mass is 876 g/mol. The van der Waals surface area contributed by atoms with Crippen LogP contribution in [-0.4, -0.2) is 90.8 Å². The first kappa shape index (κ1) is 44.5. The molecule has 1 aliphatic heterocycles. The van der Waals surface area contributed by atoms with Crippen LogP contribution in [0.25, 0.3) is 22.5 Å². The summed E-state index contributed by atoms with van der Waals surface area (Å²) in [7, 11) is 3.57. The molecule has 340 valence electrons. The molecular formula is C47H60N10O7. The lowest BCUT2D eigenvalue weighted by atomic mass is 9.85. The highest BCUT2D eigenvalue weighted by Gasteiger charge is 2.33. The number of carbonyl (C=O) groups is 4. The normalized spacial score (nSPS) is 19.2. The topological polar surface area (TPSA) is 201 Å². The smallest absolute Gasteiger partial charge is 0.329 e. The van der Waals surface area contributed by atoms with Crippen LogP contribution in [0.15, 0.2) is 58.2 Å². The minimum absolute atomic E-state index is 0.0608. The Hall–Kier alpha value is -6.10. The van der Waals surface area contributed by atoms with Crippen molar-refractivity contribution < 1.29 is 28.3 Å². The molecule has 1 saturated heterocycles. The number of rotatable bonds is 17. The number of para-hydroxylation sites is 1. The fraction of sp³-hybridized carbons (Fsp3) is 0.532. The Morgan fingerprint density at radius 3 is 2.55 bits per heavy atom. The van der Waals surface area contributed by atoms with E-state index in [2.05, 4.69) is 46.7 Å². The maximum atomic E-state index is 13.5. The van der Waals surface area contributed by atoms with Crippen molar-refractivity contribution in [2.45, 2.75) is 109 Å². The number of fused-ring (bicyclic) bond motifs is 1. The third-order valence-electron chi connectivity index (χ3n) is 12.7. The van der Waals surface area contributed by atoms with Gasteiger partial charge < -0.3 is 24.7 Å². The Bertz CT molecular complexity index is 2570. The third-order valence-corrected chi connectivity index (χ3v) is 12.7. The number of imidazole rings is 1. The number of oxazole rings is 1. The number of carbonyl (C=O) groups excluding carboxylic acids is 4. The lowest BCUT2D eigenvalue weighted by Gasteiger charge is -2.30. The number of piperidine rings is 1. The van der Waals surface area contributed by atoms with Crippen molar-refractivity contribution in [1.29, 1.82) is 0 Å². The second kappa shape index (κ2) is 18.9. The number of aromatic nitrogens is 6. The first-order valence-electron chi connectivity index (χ1n) is 22.7. The summed E-state index contributed by atoms with van der Waals surface area (Å²) in [4.78, 5) is 75.3. The number of aryl methyl sites for hydroxylation is 2. The molecule has 2 saturated carbocycles. The summed E-state index contributed by atoms with van der Waals surface area (Å²) in [5, 5.41) is 13.7. The molecule has 8 rings (SSSR count). The van der Waals surface area contributed by atoms with Crippen LogP contribution >= 0.6 is 0 Å². The van der Waals surface area contributed by atoms with Crippen LogP contribution in [0.5, 0.6) is 0 Å². The molecule has 5 heterocycles. The quantitative estimate of drug-likeness (QED) is 0.0714. The third kappa shape index (κ3) is 9.98. The van der Waals surface area contributed by atoms with E-state index in [9.17, 15) is 24.0 Å². The molecule has 3 aliphatic rings. The average molecular weight is 877 g/mol. The predicted molar refractivity (Wildman–Crippen MR) is 241 cm³/mol. The molecule has 5 aromatic rings. The number of pyridine rings is 1. The molecule has 1 aromatic carbocycles. The van der Waals surface area contributed by atoms with Gasteiger partial charge in [0.15, 0.2) is 5.69 Å². The molecule has 64 heavy (non-hydrogen) atoms. The van der Waals surface area contributed by atoms with Crippen molar-refractivity contribution >= 4 is 46.2 Å². The highest BCUT2D eigenvalue weighted by atomic mass is 16.5. The molecule has 2 aliphatic carbocycles. The molecule has 4 amide bonds. The average Bonchev–Trinajstić information content (AvgIpc) is 3.67. The minimum atomic E-state index is -0.720. The molecular weight excluding hydrogens is 817 g/mol. The molecule has 17 heteroatoms. The molecule has 1 atom stereocenters. The number of nitrogens with zero attached hydrogens (tertiary/aromatic N) is 7. The van der Waals surface area contributed by atoms with Gasteiger partial charge in [0.05, 0.1) is 28.5 Å². The van der Waals surface area contributed by atoms with Gasteiger partial charge in [-0.05, 0) is 93.9 Å². The second-order valence-corrected chi connectivity index (χ2v) is 18.7. The van der Waals surface area contributed by atoms with E-state index in [-0.39, 0.29) is 52.9 Å². The van der Waals surface area contributed by atoms with E-state index in [1.165, 1.54) is 23.7 Å². The number of nitrogens with one attached hydrogen (secondary N) is 3. The highest BCUT2D eigenvalue weighted by molar-refractivity contribution is 6.03. The summed E-state index contributed by atoms with van der Waals surface area (Å²) in [5.74, 6) is 0.738. The van der Waals surface area contributed by atoms with Crippen molar-refractivity contribution in [3.05, 3.63) is 76.4 Å². The standard InChI is InChI=1S/C47H60N10O7/c1-47(2,3)41-34(50-42(59)35-28-64-44(51-35)32-20-21-48-38(25-32)49-26-29-12-13-29)27-56(53-41)33-16-14-31(15-17-33)45(61)54(4)22-8-24-63-23-7-10-30-9-6-11-36-40(30)55(5)46(62)57(36)37-18-19-39(58)52-43(37)60/h6,9,11,20-21,25,27-29,31,33,37H,7-8,10,12-19,22-24,26H2,1-5H3,(H,48,49)(H,50,59)(H,52,58,60)/t31-,33-,37?. The van der Waals surface area contributed by atoms with Crippen LogP contribution < -0.4 is 21.6 Å². The Morgan fingerprint density at radius 2 is 1.80 bits per heavy atom. The van der Waals surface area contributed by atoms with Gasteiger partial charge in [-0.3, -0.25) is 38.3 Å². The summed E-state index contributed by atoms with van der Waals surface area (Å²) in [6.45, 7) is 8.74.